The quantitative estimate of drug-likeness (QED) is 0.541. The van der Waals surface area contributed by atoms with Crippen molar-refractivity contribution in [2.45, 2.75) is 36.3 Å². The molecule has 1 saturated heterocycles. The van der Waals surface area contributed by atoms with E-state index in [9.17, 15) is 26.4 Å². The number of carbonyl (C=O) groups is 1. The second kappa shape index (κ2) is 8.78. The largest absolute Gasteiger partial charge is 0.417 e. The van der Waals surface area contributed by atoms with Gasteiger partial charge in [0.2, 0.25) is 5.91 Å². The fourth-order valence-corrected chi connectivity index (χ4v) is 6.39. The number of thiazole rings is 1. The van der Waals surface area contributed by atoms with Gasteiger partial charge in [0, 0.05) is 37.3 Å². The molecule has 0 unspecified atom stereocenters. The van der Waals surface area contributed by atoms with Crippen LogP contribution in [0.25, 0.3) is 10.2 Å². The molecule has 1 aliphatic rings. The maximum Gasteiger partial charge on any atom is 0.417 e. The van der Waals surface area contributed by atoms with Gasteiger partial charge in [-0.25, -0.2) is 13.4 Å². The fourth-order valence-electron chi connectivity index (χ4n) is 3.83. The zero-order valence-corrected chi connectivity index (χ0v) is 18.5. The second-order valence-corrected chi connectivity index (χ2v) is 10.6. The topological polar surface area (TPSA) is 80.2 Å². The van der Waals surface area contributed by atoms with Crippen LogP contribution < -0.4 is 0 Å². The number of nitrogens with zero attached hydrogens (tertiary/aromatic N) is 3. The maximum absolute atomic E-state index is 12.8. The molecule has 1 amide bonds. The standard InChI is InChI=1S/C21H20F3N3O3S2/c22-21(23,24)15-4-5-16(25-12-15)14-6-9-27(10-7-14)19(28)8-11-32(29,30)18-3-1-2-17-20(18)31-13-26-17/h1-5,12-14H,6-11H2. The van der Waals surface area contributed by atoms with E-state index in [4.69, 9.17) is 0 Å². The van der Waals surface area contributed by atoms with Gasteiger partial charge in [-0.3, -0.25) is 9.78 Å². The molecule has 1 fully saturated rings. The smallest absolute Gasteiger partial charge is 0.343 e. The molecule has 11 heteroatoms. The Balaban J connectivity index is 1.33. The Morgan fingerprint density at radius 1 is 1.12 bits per heavy atom. The first-order valence-electron chi connectivity index (χ1n) is 10.0. The maximum atomic E-state index is 12.8. The number of sulfone groups is 1. The molecule has 3 heterocycles. The summed E-state index contributed by atoms with van der Waals surface area (Å²) < 4.78 is 64.3. The molecule has 0 N–H and O–H groups in total. The minimum absolute atomic E-state index is 0.0333. The van der Waals surface area contributed by atoms with Crippen LogP contribution in [0.2, 0.25) is 0 Å². The average Bonchev–Trinajstić information content (AvgIpc) is 3.26. The number of pyridine rings is 1. The van der Waals surface area contributed by atoms with Gasteiger partial charge in [0.1, 0.15) is 0 Å². The van der Waals surface area contributed by atoms with Crippen LogP contribution in [0.15, 0.2) is 46.9 Å². The summed E-state index contributed by atoms with van der Waals surface area (Å²) in [4.78, 5) is 22.5. The van der Waals surface area contributed by atoms with Crippen LogP contribution >= 0.6 is 11.3 Å². The third-order valence-electron chi connectivity index (χ3n) is 5.62. The van der Waals surface area contributed by atoms with Gasteiger partial charge in [-0.1, -0.05) is 6.07 Å². The van der Waals surface area contributed by atoms with Crippen molar-refractivity contribution >= 4 is 37.3 Å². The van der Waals surface area contributed by atoms with E-state index < -0.39 is 21.6 Å². The number of benzene rings is 1. The van der Waals surface area contributed by atoms with E-state index in [0.717, 1.165) is 12.3 Å². The number of hydrogen-bond acceptors (Lipinski definition) is 6. The van der Waals surface area contributed by atoms with E-state index in [1.165, 1.54) is 23.5 Å². The zero-order valence-electron chi connectivity index (χ0n) is 16.9. The molecule has 0 bridgehead atoms. The molecule has 0 atom stereocenters. The lowest BCUT2D eigenvalue weighted by Gasteiger charge is -2.32. The highest BCUT2D eigenvalue weighted by molar-refractivity contribution is 7.91. The summed E-state index contributed by atoms with van der Waals surface area (Å²) in [5.74, 6) is -0.568. The Morgan fingerprint density at radius 3 is 2.53 bits per heavy atom. The summed E-state index contributed by atoms with van der Waals surface area (Å²) in [6, 6.07) is 7.32. The van der Waals surface area contributed by atoms with Crippen molar-refractivity contribution in [1.82, 2.24) is 14.9 Å². The fraction of sp³-hybridized carbons (Fsp3) is 0.381. The third-order valence-corrected chi connectivity index (χ3v) is 8.38. The van der Waals surface area contributed by atoms with Crippen LogP contribution in [0.3, 0.4) is 0 Å². The molecular weight excluding hydrogens is 463 g/mol. The predicted molar refractivity (Wildman–Crippen MR) is 114 cm³/mol. The van der Waals surface area contributed by atoms with Gasteiger partial charge in [-0.15, -0.1) is 11.3 Å². The minimum Gasteiger partial charge on any atom is -0.343 e. The van der Waals surface area contributed by atoms with Crippen LogP contribution in [0.5, 0.6) is 0 Å². The SMILES string of the molecule is O=C(CCS(=O)(=O)c1cccc2ncsc12)N1CCC(c2ccc(C(F)(F)F)cn2)CC1. The Hall–Kier alpha value is -2.53. The molecule has 1 aliphatic heterocycles. The molecule has 3 aromatic rings. The molecular formula is C21H20F3N3O3S2. The molecule has 1 aromatic carbocycles. The summed E-state index contributed by atoms with van der Waals surface area (Å²) in [6.07, 6.45) is -2.58. The predicted octanol–water partition coefficient (Wildman–Crippen LogP) is 4.28. The highest BCUT2D eigenvalue weighted by Crippen LogP contribution is 2.32. The molecule has 0 spiro atoms. The van der Waals surface area contributed by atoms with Crippen LogP contribution in [0.1, 0.15) is 36.4 Å². The minimum atomic E-state index is -4.42. The van der Waals surface area contributed by atoms with Gasteiger partial charge in [-0.2, -0.15) is 13.2 Å². The first-order valence-corrected chi connectivity index (χ1v) is 12.5. The van der Waals surface area contributed by atoms with E-state index in [1.807, 2.05) is 0 Å². The van der Waals surface area contributed by atoms with Crippen molar-refractivity contribution in [1.29, 1.82) is 0 Å². The van der Waals surface area contributed by atoms with Gasteiger partial charge < -0.3 is 4.90 Å². The first-order chi connectivity index (χ1) is 15.1. The van der Waals surface area contributed by atoms with E-state index in [0.29, 0.717) is 41.8 Å². The van der Waals surface area contributed by atoms with Gasteiger partial charge in [-0.05, 0) is 37.1 Å². The Labute approximate surface area is 187 Å². The number of piperidine rings is 1. The van der Waals surface area contributed by atoms with Crippen molar-refractivity contribution in [3.05, 3.63) is 53.3 Å². The molecule has 6 nitrogen and oxygen atoms in total. The normalized spacial score (nSPS) is 15.9. The number of halogens is 3. The number of alkyl halides is 3. The molecule has 4 rings (SSSR count). The first kappa shape index (κ1) is 22.7. The summed E-state index contributed by atoms with van der Waals surface area (Å²) in [5.41, 5.74) is 1.99. The number of rotatable bonds is 5. The molecule has 32 heavy (non-hydrogen) atoms. The number of amides is 1. The zero-order chi connectivity index (χ0) is 22.9. The van der Waals surface area contributed by atoms with E-state index in [-0.39, 0.29) is 28.9 Å². The highest BCUT2D eigenvalue weighted by Gasteiger charge is 2.32. The van der Waals surface area contributed by atoms with Crippen LogP contribution in [-0.4, -0.2) is 48.0 Å². The Bertz CT molecular complexity index is 1220. The van der Waals surface area contributed by atoms with Crippen molar-refractivity contribution in [3.8, 4) is 0 Å². The number of fused-ring (bicyclic) bond motifs is 1. The number of hydrogen-bond donors (Lipinski definition) is 0. The van der Waals surface area contributed by atoms with E-state index >= 15 is 0 Å². The summed E-state index contributed by atoms with van der Waals surface area (Å²) in [7, 11) is -3.64. The van der Waals surface area contributed by atoms with E-state index in [1.54, 1.807) is 22.5 Å². The Kier molecular flexibility index (Phi) is 6.22. The lowest BCUT2D eigenvalue weighted by molar-refractivity contribution is -0.138. The number of aromatic nitrogens is 2. The van der Waals surface area contributed by atoms with Crippen LogP contribution in [-0.2, 0) is 20.8 Å². The van der Waals surface area contributed by atoms with Gasteiger partial charge in [0.05, 0.1) is 31.9 Å². The molecule has 0 radical (unpaired) electrons. The van der Waals surface area contributed by atoms with E-state index in [2.05, 4.69) is 9.97 Å². The highest BCUT2D eigenvalue weighted by atomic mass is 32.2. The summed E-state index contributed by atoms with van der Waals surface area (Å²) >= 11 is 1.25. The summed E-state index contributed by atoms with van der Waals surface area (Å²) in [6.45, 7) is 0.827. The summed E-state index contributed by atoms with van der Waals surface area (Å²) in [5, 5.41) is 0. The van der Waals surface area contributed by atoms with Crippen LogP contribution in [0, 0.1) is 0 Å². The molecule has 0 aliphatic carbocycles. The Morgan fingerprint density at radius 2 is 1.88 bits per heavy atom. The monoisotopic (exact) mass is 483 g/mol. The van der Waals surface area contributed by atoms with Gasteiger partial charge >= 0.3 is 6.18 Å². The third kappa shape index (κ3) is 4.78. The lowest BCUT2D eigenvalue weighted by atomic mass is 9.92. The van der Waals surface area contributed by atoms with Crippen molar-refractivity contribution in [2.75, 3.05) is 18.8 Å². The second-order valence-electron chi connectivity index (χ2n) is 7.65. The number of carbonyl (C=O) groups excluding carboxylic acids is 1. The van der Waals surface area contributed by atoms with Crippen molar-refractivity contribution in [3.63, 3.8) is 0 Å². The average molecular weight is 484 g/mol. The van der Waals surface area contributed by atoms with Crippen molar-refractivity contribution in [2.24, 2.45) is 0 Å². The lowest BCUT2D eigenvalue weighted by Crippen LogP contribution is -2.38. The molecule has 170 valence electrons. The van der Waals surface area contributed by atoms with Gasteiger partial charge in [0.15, 0.2) is 9.84 Å². The molecule has 2 aromatic heterocycles. The molecule has 0 saturated carbocycles. The van der Waals surface area contributed by atoms with Crippen LogP contribution in [0.4, 0.5) is 13.2 Å². The van der Waals surface area contributed by atoms with Crippen molar-refractivity contribution < 1.29 is 26.4 Å². The number of likely N-dealkylation sites (tertiary alicyclic amines) is 1. The van der Waals surface area contributed by atoms with Gasteiger partial charge in [0.25, 0.3) is 0 Å².